The summed E-state index contributed by atoms with van der Waals surface area (Å²) in [5, 5.41) is 0. The fraction of sp³-hybridized carbons (Fsp3) is 0.690. The first-order chi connectivity index (χ1) is 39.0. The maximum Gasteiger partial charge on any atom is 0.203 e. The highest BCUT2D eigenvalue weighted by Crippen LogP contribution is 2.45. The summed E-state index contributed by atoms with van der Waals surface area (Å²) in [7, 11) is 0. The van der Waals surface area contributed by atoms with E-state index in [4.69, 9.17) is 38.4 Å². The van der Waals surface area contributed by atoms with Gasteiger partial charge in [-0.05, 0) is 75.8 Å². The Morgan fingerprint density at radius 2 is 0.519 bits per heavy atom. The average molecular weight is 1090 g/mol. The van der Waals surface area contributed by atoms with Crippen LogP contribution in [0.2, 0.25) is 0 Å². The number of benzene rings is 3. The third kappa shape index (κ3) is 28.2. The lowest BCUT2D eigenvalue weighted by atomic mass is 10.0. The van der Waals surface area contributed by atoms with Crippen molar-refractivity contribution in [1.29, 1.82) is 0 Å². The van der Waals surface area contributed by atoms with Crippen LogP contribution in [0, 0.1) is 6.92 Å². The number of rotatable bonds is 51. The molecular weight excluding hydrogens is 977 g/mol. The Hall–Kier alpha value is -4.46. The fourth-order valence-electron chi connectivity index (χ4n) is 10.1. The van der Waals surface area contributed by atoms with Crippen molar-refractivity contribution in [1.82, 2.24) is 9.97 Å². The first-order valence-electron chi connectivity index (χ1n) is 33.1. The Kier molecular flexibility index (Phi) is 37.5. The largest absolute Gasteiger partial charge is 0.490 e. The summed E-state index contributed by atoms with van der Waals surface area (Å²) in [6.07, 6.45) is 42.8. The van der Waals surface area contributed by atoms with Crippen LogP contribution in [0.1, 0.15) is 278 Å². The molecule has 0 aliphatic carbocycles. The van der Waals surface area contributed by atoms with Crippen molar-refractivity contribution in [2.45, 2.75) is 280 Å². The predicted molar refractivity (Wildman–Crippen MR) is 336 cm³/mol. The van der Waals surface area contributed by atoms with Gasteiger partial charge in [0.15, 0.2) is 28.8 Å². The van der Waals surface area contributed by atoms with Crippen molar-refractivity contribution in [2.75, 3.05) is 39.6 Å². The molecule has 0 saturated heterocycles. The molecule has 8 heteroatoms. The van der Waals surface area contributed by atoms with E-state index in [1.807, 2.05) is 0 Å². The molecule has 0 radical (unpaired) electrons. The first kappa shape index (κ1) is 67.0. The van der Waals surface area contributed by atoms with Gasteiger partial charge >= 0.3 is 0 Å². The number of ether oxygens (including phenoxy) is 6. The van der Waals surface area contributed by atoms with Crippen LogP contribution in [-0.2, 0) is 0 Å². The molecule has 0 N–H and O–H groups in total. The molecule has 0 atom stereocenters. The van der Waals surface area contributed by atoms with Gasteiger partial charge in [-0.3, -0.25) is 0 Å². The zero-order chi connectivity index (χ0) is 56.2. The highest BCUT2D eigenvalue weighted by molar-refractivity contribution is 5.76. The van der Waals surface area contributed by atoms with E-state index in [0.717, 1.165) is 117 Å². The highest BCUT2D eigenvalue weighted by atomic mass is 16.5. The Morgan fingerprint density at radius 3 is 0.823 bits per heavy atom. The van der Waals surface area contributed by atoms with Crippen LogP contribution in [-0.4, -0.2) is 49.6 Å². The van der Waals surface area contributed by atoms with Crippen LogP contribution in [0.5, 0.6) is 34.5 Å². The standard InChI is InChI=1S/C71H114N2O6/c1-8-14-20-26-32-38-48-74-65-54-61(55-66(75-49-39-33-27-21-15-9-2)69(65)78-52-42-36-30-24-18-12-5)64-58-63(60-46-44-59(7)45-47-60)72-71(73-64)62-56-67(76-50-40-34-28-22-16-10-3)70(79-53-43-37-31-25-19-13-6)68(57-62)77-51-41-35-29-23-17-11-4/h44-47,54-58H,8-43,48-53H2,1-7H3. The van der Waals surface area contributed by atoms with Crippen LogP contribution in [0.4, 0.5) is 0 Å². The molecule has 0 bridgehead atoms. The maximum absolute atomic E-state index is 6.83. The second kappa shape index (κ2) is 44.2. The molecule has 0 saturated carbocycles. The number of nitrogens with zero attached hydrogens (tertiary/aromatic N) is 2. The second-order valence-electron chi connectivity index (χ2n) is 22.6. The van der Waals surface area contributed by atoms with Crippen LogP contribution in [0.25, 0.3) is 33.9 Å². The monoisotopic (exact) mass is 1090 g/mol. The van der Waals surface area contributed by atoms with Crippen LogP contribution < -0.4 is 28.4 Å². The molecule has 3 aromatic carbocycles. The van der Waals surface area contributed by atoms with Gasteiger partial charge in [0.2, 0.25) is 11.5 Å². The lowest BCUT2D eigenvalue weighted by Crippen LogP contribution is -2.08. The summed E-state index contributed by atoms with van der Waals surface area (Å²) in [6.45, 7) is 19.4. The molecular formula is C71H114N2O6. The SMILES string of the molecule is CCCCCCCCOc1cc(-c2cc(-c3ccc(C)cc3)nc(-c3cc(OCCCCCCCC)c(OCCCCCCCC)c(OCCCCCCCC)c3)n2)cc(OCCCCCCCC)c1OCCCCCCCC. The zero-order valence-corrected chi connectivity index (χ0v) is 51.7. The highest BCUT2D eigenvalue weighted by Gasteiger charge is 2.22. The molecule has 444 valence electrons. The van der Waals surface area contributed by atoms with Gasteiger partial charge < -0.3 is 28.4 Å². The second-order valence-corrected chi connectivity index (χ2v) is 22.6. The first-order valence-corrected chi connectivity index (χ1v) is 33.1. The lowest BCUT2D eigenvalue weighted by molar-refractivity contribution is 0.234. The maximum atomic E-state index is 6.83. The molecule has 4 aromatic rings. The molecule has 0 unspecified atom stereocenters. The van der Waals surface area contributed by atoms with Gasteiger partial charge in [-0.2, -0.15) is 0 Å². The molecule has 0 spiro atoms. The minimum atomic E-state index is 0.594. The van der Waals surface area contributed by atoms with Gasteiger partial charge in [-0.25, -0.2) is 9.97 Å². The van der Waals surface area contributed by atoms with Gasteiger partial charge in [-0.15, -0.1) is 0 Å². The van der Waals surface area contributed by atoms with E-state index in [1.54, 1.807) is 0 Å². The van der Waals surface area contributed by atoms with E-state index < -0.39 is 0 Å². The van der Waals surface area contributed by atoms with Crippen molar-refractivity contribution >= 4 is 0 Å². The van der Waals surface area contributed by atoms with E-state index in [0.29, 0.717) is 68.5 Å². The number of unbranched alkanes of at least 4 members (excludes halogenated alkanes) is 30. The van der Waals surface area contributed by atoms with Gasteiger partial charge in [-0.1, -0.05) is 264 Å². The predicted octanol–water partition coefficient (Wildman–Crippen LogP) is 22.2. The number of aryl methyl sites for hydroxylation is 1. The molecule has 4 rings (SSSR count). The van der Waals surface area contributed by atoms with E-state index in [2.05, 4.69) is 103 Å². The average Bonchev–Trinajstić information content (AvgIpc) is 3.53. The van der Waals surface area contributed by atoms with E-state index >= 15 is 0 Å². The topological polar surface area (TPSA) is 81.2 Å². The lowest BCUT2D eigenvalue weighted by Gasteiger charge is -2.20. The van der Waals surface area contributed by atoms with Crippen molar-refractivity contribution in [3.05, 3.63) is 60.2 Å². The Morgan fingerprint density at radius 1 is 0.266 bits per heavy atom. The fourth-order valence-corrected chi connectivity index (χ4v) is 10.1. The summed E-state index contributed by atoms with van der Waals surface area (Å²) in [5.41, 5.74) is 5.56. The minimum Gasteiger partial charge on any atom is -0.490 e. The van der Waals surface area contributed by atoms with Gasteiger partial charge in [0, 0.05) is 16.7 Å². The van der Waals surface area contributed by atoms with E-state index in [-0.39, 0.29) is 0 Å². The number of hydrogen-bond donors (Lipinski definition) is 0. The van der Waals surface area contributed by atoms with Crippen LogP contribution in [0.15, 0.2) is 54.6 Å². The van der Waals surface area contributed by atoms with Gasteiger partial charge in [0.25, 0.3) is 0 Å². The third-order valence-electron chi connectivity index (χ3n) is 15.2. The van der Waals surface area contributed by atoms with Crippen molar-refractivity contribution in [3.63, 3.8) is 0 Å². The molecule has 0 aliphatic rings. The van der Waals surface area contributed by atoms with E-state index in [1.165, 1.54) is 160 Å². The molecule has 0 fully saturated rings. The molecule has 8 nitrogen and oxygen atoms in total. The van der Waals surface area contributed by atoms with E-state index in [9.17, 15) is 0 Å². The summed E-state index contributed by atoms with van der Waals surface area (Å²) in [6, 6.07) is 19.3. The summed E-state index contributed by atoms with van der Waals surface area (Å²) in [5.74, 6) is 4.83. The summed E-state index contributed by atoms with van der Waals surface area (Å²) >= 11 is 0. The van der Waals surface area contributed by atoms with Crippen molar-refractivity contribution in [2.24, 2.45) is 0 Å². The van der Waals surface area contributed by atoms with Crippen molar-refractivity contribution in [3.8, 4) is 68.4 Å². The minimum absolute atomic E-state index is 0.594. The smallest absolute Gasteiger partial charge is 0.203 e. The molecule has 79 heavy (non-hydrogen) atoms. The van der Waals surface area contributed by atoms with Crippen molar-refractivity contribution < 1.29 is 28.4 Å². The quantitative estimate of drug-likeness (QED) is 0.0405. The Bertz CT molecular complexity index is 1920. The Labute approximate surface area is 484 Å². The molecule has 1 heterocycles. The van der Waals surface area contributed by atoms with Crippen LogP contribution >= 0.6 is 0 Å². The third-order valence-corrected chi connectivity index (χ3v) is 15.2. The Balaban J connectivity index is 1.88. The summed E-state index contributed by atoms with van der Waals surface area (Å²) < 4.78 is 40.9. The molecule has 0 amide bonds. The normalized spacial score (nSPS) is 11.3. The zero-order valence-electron chi connectivity index (χ0n) is 51.7. The number of aromatic nitrogens is 2. The van der Waals surface area contributed by atoms with Gasteiger partial charge in [0.1, 0.15) is 0 Å². The van der Waals surface area contributed by atoms with Crippen LogP contribution in [0.3, 0.4) is 0 Å². The summed E-state index contributed by atoms with van der Waals surface area (Å²) in [4.78, 5) is 10.9. The molecule has 0 aliphatic heterocycles. The number of hydrogen-bond acceptors (Lipinski definition) is 8. The van der Waals surface area contributed by atoms with Gasteiger partial charge in [0.05, 0.1) is 51.0 Å². The molecule has 1 aromatic heterocycles.